The van der Waals surface area contributed by atoms with Gasteiger partial charge in [0.25, 0.3) is 10.0 Å². The van der Waals surface area contributed by atoms with Gasteiger partial charge >= 0.3 is 6.03 Å². The normalized spacial score (nSPS) is 10.9. The summed E-state index contributed by atoms with van der Waals surface area (Å²) in [4.78, 5) is 10.7. The Balaban J connectivity index is 3.17. The summed E-state index contributed by atoms with van der Waals surface area (Å²) in [6.07, 6.45) is 0. The van der Waals surface area contributed by atoms with Gasteiger partial charge in [-0.1, -0.05) is 11.6 Å². The van der Waals surface area contributed by atoms with Crippen LogP contribution in [0.2, 0.25) is 5.02 Å². The highest BCUT2D eigenvalue weighted by molar-refractivity contribution is 7.90. The van der Waals surface area contributed by atoms with Gasteiger partial charge in [0.15, 0.2) is 0 Å². The van der Waals surface area contributed by atoms with Crippen molar-refractivity contribution in [1.29, 1.82) is 0 Å². The number of nitrogen functional groups attached to an aromatic ring is 1. The Morgan fingerprint density at radius 1 is 1.44 bits per heavy atom. The molecule has 0 aliphatic rings. The van der Waals surface area contributed by atoms with Gasteiger partial charge in [-0.05, 0) is 18.2 Å². The molecule has 2 amide bonds. The van der Waals surface area contributed by atoms with Crippen LogP contribution >= 0.6 is 11.6 Å². The van der Waals surface area contributed by atoms with Crippen LogP contribution in [0, 0.1) is 0 Å². The molecule has 0 unspecified atom stereocenters. The Kier molecular flexibility index (Phi) is 3.61. The molecule has 0 aliphatic carbocycles. The maximum absolute atomic E-state index is 11.7. The van der Waals surface area contributed by atoms with Crippen molar-refractivity contribution in [1.82, 2.24) is 10.0 Å². The summed E-state index contributed by atoms with van der Waals surface area (Å²) in [5.74, 6) is 0. The van der Waals surface area contributed by atoms with E-state index in [2.05, 4.69) is 5.32 Å². The zero-order valence-corrected chi connectivity index (χ0v) is 9.89. The predicted molar refractivity (Wildman–Crippen MR) is 60.6 cm³/mol. The highest BCUT2D eigenvalue weighted by Gasteiger charge is 2.20. The summed E-state index contributed by atoms with van der Waals surface area (Å²) < 4.78 is 25.1. The minimum Gasteiger partial charge on any atom is -0.399 e. The standard InChI is InChI=1S/C8H10ClN3O3S/c1-11-8(13)12-16(14,15)7-4-5(10)2-3-6(7)9/h2-4H,10H2,1H3,(H2,11,12,13). The second-order valence-corrected chi connectivity index (χ2v) is 4.93. The monoisotopic (exact) mass is 263 g/mol. The first kappa shape index (κ1) is 12.6. The first-order valence-corrected chi connectivity index (χ1v) is 6.02. The van der Waals surface area contributed by atoms with Crippen LogP contribution in [0.15, 0.2) is 23.1 Å². The van der Waals surface area contributed by atoms with E-state index in [0.29, 0.717) is 0 Å². The van der Waals surface area contributed by atoms with Gasteiger partial charge < -0.3 is 11.1 Å². The van der Waals surface area contributed by atoms with Crippen LogP contribution in [0.1, 0.15) is 0 Å². The van der Waals surface area contributed by atoms with Crippen LogP contribution in [0.4, 0.5) is 10.5 Å². The summed E-state index contributed by atoms with van der Waals surface area (Å²) >= 11 is 5.70. The Hall–Kier alpha value is -1.47. The maximum Gasteiger partial charge on any atom is 0.328 e. The van der Waals surface area contributed by atoms with Gasteiger partial charge in [0.2, 0.25) is 0 Å². The lowest BCUT2D eigenvalue weighted by Gasteiger charge is -2.08. The average Bonchev–Trinajstić information content (AvgIpc) is 2.20. The van der Waals surface area contributed by atoms with E-state index in [1.165, 1.54) is 25.2 Å². The first-order valence-electron chi connectivity index (χ1n) is 4.16. The van der Waals surface area contributed by atoms with Crippen LogP contribution in [-0.2, 0) is 10.0 Å². The number of rotatable bonds is 2. The molecule has 4 N–H and O–H groups in total. The van der Waals surface area contributed by atoms with E-state index < -0.39 is 16.1 Å². The van der Waals surface area contributed by atoms with E-state index in [1.54, 1.807) is 4.72 Å². The van der Waals surface area contributed by atoms with E-state index in [-0.39, 0.29) is 15.6 Å². The molecule has 1 aromatic carbocycles. The molecule has 1 rings (SSSR count). The number of sulfonamides is 1. The number of nitrogens with two attached hydrogens (primary N) is 1. The van der Waals surface area contributed by atoms with Gasteiger partial charge in [-0.3, -0.25) is 0 Å². The third kappa shape index (κ3) is 2.77. The summed E-state index contributed by atoms with van der Waals surface area (Å²) in [5, 5.41) is 2.11. The fourth-order valence-corrected chi connectivity index (χ4v) is 2.45. The first-order chi connectivity index (χ1) is 7.36. The molecule has 88 valence electrons. The van der Waals surface area contributed by atoms with E-state index in [9.17, 15) is 13.2 Å². The van der Waals surface area contributed by atoms with Crippen molar-refractivity contribution in [3.8, 4) is 0 Å². The van der Waals surface area contributed by atoms with Crippen molar-refractivity contribution in [2.24, 2.45) is 0 Å². The van der Waals surface area contributed by atoms with Gasteiger partial charge in [-0.15, -0.1) is 0 Å². The third-order valence-electron chi connectivity index (χ3n) is 1.70. The van der Waals surface area contributed by atoms with E-state index >= 15 is 0 Å². The third-order valence-corrected chi connectivity index (χ3v) is 3.51. The molecule has 0 saturated heterocycles. The molecule has 0 aromatic heterocycles. The van der Waals surface area contributed by atoms with Crippen LogP contribution in [-0.4, -0.2) is 21.5 Å². The molecular formula is C8H10ClN3O3S. The maximum atomic E-state index is 11.7. The summed E-state index contributed by atoms with van der Waals surface area (Å²) in [6.45, 7) is 0. The van der Waals surface area contributed by atoms with Crippen molar-refractivity contribution in [3.63, 3.8) is 0 Å². The molecule has 0 saturated carbocycles. The predicted octanol–water partition coefficient (Wildman–Crippen LogP) is 0.540. The van der Waals surface area contributed by atoms with Crippen LogP contribution in [0.3, 0.4) is 0 Å². The lowest BCUT2D eigenvalue weighted by Crippen LogP contribution is -2.37. The second kappa shape index (κ2) is 4.58. The lowest BCUT2D eigenvalue weighted by atomic mass is 10.3. The zero-order valence-electron chi connectivity index (χ0n) is 8.32. The van der Waals surface area contributed by atoms with Gasteiger partial charge in [0, 0.05) is 12.7 Å². The molecule has 16 heavy (non-hydrogen) atoms. The molecule has 0 aliphatic heterocycles. The minimum absolute atomic E-state index is 0.00870. The van der Waals surface area contributed by atoms with Crippen LogP contribution in [0.25, 0.3) is 0 Å². The highest BCUT2D eigenvalue weighted by Crippen LogP contribution is 2.23. The Bertz CT molecular complexity index is 515. The van der Waals surface area contributed by atoms with Crippen molar-refractivity contribution in [2.75, 3.05) is 12.8 Å². The van der Waals surface area contributed by atoms with Crippen LogP contribution < -0.4 is 15.8 Å². The Morgan fingerprint density at radius 2 is 2.06 bits per heavy atom. The highest BCUT2D eigenvalue weighted by atomic mass is 35.5. The summed E-state index contributed by atoms with van der Waals surface area (Å²) in [7, 11) is -2.70. The number of nitrogens with one attached hydrogen (secondary N) is 2. The summed E-state index contributed by atoms with van der Waals surface area (Å²) in [5.41, 5.74) is 5.67. The Labute approximate surface area is 97.8 Å². The molecule has 0 fully saturated rings. The zero-order chi connectivity index (χ0) is 12.3. The lowest BCUT2D eigenvalue weighted by molar-refractivity contribution is 0.248. The number of carbonyl (C=O) groups excluding carboxylic acids is 1. The second-order valence-electron chi connectivity index (χ2n) is 2.87. The fourth-order valence-electron chi connectivity index (χ4n) is 0.954. The molecule has 0 atom stereocenters. The van der Waals surface area contributed by atoms with Gasteiger partial charge in [0.05, 0.1) is 5.02 Å². The molecule has 0 spiro atoms. The number of carbonyl (C=O) groups is 1. The minimum atomic E-state index is -4.00. The molecule has 6 nitrogen and oxygen atoms in total. The number of anilines is 1. The van der Waals surface area contributed by atoms with Gasteiger partial charge in [0.1, 0.15) is 4.90 Å². The van der Waals surface area contributed by atoms with Crippen molar-refractivity contribution in [2.45, 2.75) is 4.90 Å². The van der Waals surface area contributed by atoms with Gasteiger partial charge in [-0.2, -0.15) is 0 Å². The SMILES string of the molecule is CNC(=O)NS(=O)(=O)c1cc(N)ccc1Cl. The molecule has 1 aromatic rings. The van der Waals surface area contributed by atoms with Crippen molar-refractivity contribution < 1.29 is 13.2 Å². The topological polar surface area (TPSA) is 101 Å². The fraction of sp³-hybridized carbons (Fsp3) is 0.125. The van der Waals surface area contributed by atoms with E-state index in [1.807, 2.05) is 0 Å². The van der Waals surface area contributed by atoms with Crippen molar-refractivity contribution >= 4 is 33.3 Å². The Morgan fingerprint density at radius 3 is 2.62 bits per heavy atom. The number of benzene rings is 1. The molecule has 0 radical (unpaired) electrons. The largest absolute Gasteiger partial charge is 0.399 e. The summed E-state index contributed by atoms with van der Waals surface area (Å²) in [6, 6.07) is 3.13. The number of urea groups is 1. The molecule has 0 bridgehead atoms. The number of hydrogen-bond donors (Lipinski definition) is 3. The smallest absolute Gasteiger partial charge is 0.328 e. The molecule has 0 heterocycles. The average molecular weight is 264 g/mol. The van der Waals surface area contributed by atoms with Gasteiger partial charge in [-0.25, -0.2) is 17.9 Å². The number of halogens is 1. The molecule has 8 heteroatoms. The quantitative estimate of drug-likeness (QED) is 0.678. The number of amides is 2. The number of hydrogen-bond acceptors (Lipinski definition) is 4. The molecular weight excluding hydrogens is 254 g/mol. The van der Waals surface area contributed by atoms with E-state index in [4.69, 9.17) is 17.3 Å². The van der Waals surface area contributed by atoms with Crippen molar-refractivity contribution in [3.05, 3.63) is 23.2 Å². The van der Waals surface area contributed by atoms with E-state index in [0.717, 1.165) is 0 Å². The van der Waals surface area contributed by atoms with Crippen LogP contribution in [0.5, 0.6) is 0 Å².